The van der Waals surface area contributed by atoms with Crippen molar-refractivity contribution in [3.8, 4) is 6.07 Å². The molecule has 7 rings (SSSR count). The number of piperidine rings is 1. The number of rotatable bonds is 8. The molecule has 55 heavy (non-hydrogen) atoms. The number of likely N-dealkylation sites (tertiary alicyclic amines) is 1. The zero-order chi connectivity index (χ0) is 39.3. The van der Waals surface area contributed by atoms with Crippen molar-refractivity contribution in [2.45, 2.75) is 82.0 Å². The standard InChI is InChI=1S/C40H40Cl2N8O5/c1-37(2,3)55-36(54)48-17-14-40(15-18-48,33(52)47-39(12-13-39)31-7-5-6-16-44-31)46-32(51)30-24-45-35-49(29-20-27(41)19-28(42)21-29)34(53)38(4,50(30)35)22-25-8-10-26(23-43)11-9-25/h5-11,16,19-21,24H,12-15,17-18,22H2,1-4H3,(H,46,51)(H,47,52)/t38-/m1/s1. The van der Waals surface area contributed by atoms with Gasteiger partial charge in [-0.2, -0.15) is 5.26 Å². The maximum Gasteiger partial charge on any atom is 0.410 e. The van der Waals surface area contributed by atoms with Crippen LogP contribution in [-0.2, 0) is 31.8 Å². The van der Waals surface area contributed by atoms with Gasteiger partial charge in [0.15, 0.2) is 0 Å². The summed E-state index contributed by atoms with van der Waals surface area (Å²) in [7, 11) is 0. The lowest BCUT2D eigenvalue weighted by atomic mass is 9.85. The van der Waals surface area contributed by atoms with Crippen LogP contribution in [0, 0.1) is 11.3 Å². The highest BCUT2D eigenvalue weighted by atomic mass is 35.5. The lowest BCUT2D eigenvalue weighted by Gasteiger charge is -2.42. The van der Waals surface area contributed by atoms with Crippen molar-refractivity contribution in [1.82, 2.24) is 30.1 Å². The molecule has 0 unspecified atom stereocenters. The number of nitriles is 1. The van der Waals surface area contributed by atoms with Crippen molar-refractivity contribution in [3.05, 3.63) is 106 Å². The fraction of sp³-hybridized carbons (Fsp3) is 0.375. The molecule has 4 amide bonds. The van der Waals surface area contributed by atoms with Crippen molar-refractivity contribution in [2.75, 3.05) is 18.0 Å². The Balaban J connectivity index is 1.25. The summed E-state index contributed by atoms with van der Waals surface area (Å²) in [6.07, 6.45) is 4.23. The van der Waals surface area contributed by atoms with Gasteiger partial charge >= 0.3 is 6.09 Å². The highest BCUT2D eigenvalue weighted by molar-refractivity contribution is 6.35. The summed E-state index contributed by atoms with van der Waals surface area (Å²) in [5.41, 5.74) is -1.91. The molecule has 1 atom stereocenters. The van der Waals surface area contributed by atoms with Crippen LogP contribution in [0.15, 0.2) is 73.1 Å². The number of nitrogens with one attached hydrogen (secondary N) is 2. The number of ether oxygens (including phenoxy) is 1. The SMILES string of the molecule is CC(C)(C)OC(=O)N1CCC(NC(=O)c2cnc3n2[C@](C)(Cc2ccc(C#N)cc2)C(=O)N3c2cc(Cl)cc(Cl)c2)(C(=O)NC2(c3ccccn3)CC2)CC1. The summed E-state index contributed by atoms with van der Waals surface area (Å²) in [4.78, 5) is 68.9. The number of pyridine rings is 1. The summed E-state index contributed by atoms with van der Waals surface area (Å²) in [5, 5.41) is 16.2. The van der Waals surface area contributed by atoms with Gasteiger partial charge < -0.3 is 20.3 Å². The minimum absolute atomic E-state index is 0.0442. The highest BCUT2D eigenvalue weighted by Crippen LogP contribution is 2.46. The van der Waals surface area contributed by atoms with Crippen LogP contribution in [0.4, 0.5) is 16.4 Å². The van der Waals surface area contributed by atoms with E-state index in [4.69, 9.17) is 27.9 Å². The number of carbonyl (C=O) groups is 4. The topological polar surface area (TPSA) is 163 Å². The molecule has 0 spiro atoms. The molecule has 2 N–H and O–H groups in total. The first-order valence-corrected chi connectivity index (χ1v) is 18.7. The van der Waals surface area contributed by atoms with Crippen molar-refractivity contribution in [2.24, 2.45) is 0 Å². The quantitative estimate of drug-likeness (QED) is 0.208. The second-order valence-electron chi connectivity index (χ2n) is 15.6. The van der Waals surface area contributed by atoms with Crippen LogP contribution in [0.3, 0.4) is 0 Å². The number of anilines is 2. The number of amides is 4. The van der Waals surface area contributed by atoms with E-state index in [1.165, 1.54) is 16.0 Å². The number of aromatic nitrogens is 3. The molecule has 1 saturated heterocycles. The van der Waals surface area contributed by atoms with Crippen molar-refractivity contribution in [3.63, 3.8) is 0 Å². The molecule has 284 valence electrons. The molecule has 2 aliphatic heterocycles. The zero-order valence-electron chi connectivity index (χ0n) is 30.9. The number of halogens is 2. The minimum atomic E-state index is -1.45. The van der Waals surface area contributed by atoms with E-state index in [1.54, 1.807) is 80.9 Å². The first-order valence-electron chi connectivity index (χ1n) is 18.0. The monoisotopic (exact) mass is 782 g/mol. The minimum Gasteiger partial charge on any atom is -0.444 e. The van der Waals surface area contributed by atoms with Crippen LogP contribution < -0.4 is 15.5 Å². The van der Waals surface area contributed by atoms with Crippen molar-refractivity contribution in [1.29, 1.82) is 5.26 Å². The van der Waals surface area contributed by atoms with Crippen LogP contribution in [-0.4, -0.2) is 67.5 Å². The maximum atomic E-state index is 14.7. The summed E-state index contributed by atoms with van der Waals surface area (Å²) in [5.74, 6) is -1.26. The van der Waals surface area contributed by atoms with E-state index in [1.807, 2.05) is 18.2 Å². The largest absolute Gasteiger partial charge is 0.444 e. The normalized spacial score (nSPS) is 19.6. The molecule has 1 saturated carbocycles. The summed E-state index contributed by atoms with van der Waals surface area (Å²) in [6.45, 7) is 7.35. The number of imidazole rings is 1. The molecule has 0 bridgehead atoms. The number of benzene rings is 2. The average Bonchev–Trinajstić information content (AvgIpc) is 3.73. The van der Waals surface area contributed by atoms with Crippen LogP contribution >= 0.6 is 23.2 Å². The number of fused-ring (bicyclic) bond motifs is 1. The molecular formula is C40H40Cl2N8O5. The Morgan fingerprint density at radius 3 is 2.20 bits per heavy atom. The van der Waals surface area contributed by atoms with Gasteiger partial charge in [0, 0.05) is 35.8 Å². The van der Waals surface area contributed by atoms with Gasteiger partial charge in [-0.05, 0) is 101 Å². The number of nitrogens with zero attached hydrogens (tertiary/aromatic N) is 6. The Morgan fingerprint density at radius 1 is 0.945 bits per heavy atom. The average molecular weight is 784 g/mol. The molecular weight excluding hydrogens is 743 g/mol. The zero-order valence-corrected chi connectivity index (χ0v) is 32.4. The van der Waals surface area contributed by atoms with E-state index in [-0.39, 0.29) is 44.0 Å². The van der Waals surface area contributed by atoms with Crippen molar-refractivity contribution < 1.29 is 23.9 Å². The van der Waals surface area contributed by atoms with E-state index < -0.39 is 46.0 Å². The molecule has 0 radical (unpaired) electrons. The van der Waals surface area contributed by atoms with Gasteiger partial charge in [-0.1, -0.05) is 41.4 Å². The highest BCUT2D eigenvalue weighted by Gasteiger charge is 2.54. The Morgan fingerprint density at radius 2 is 1.62 bits per heavy atom. The summed E-state index contributed by atoms with van der Waals surface area (Å²) < 4.78 is 7.19. The lowest BCUT2D eigenvalue weighted by molar-refractivity contribution is -0.130. The molecule has 2 aromatic heterocycles. The molecule has 15 heteroatoms. The molecule has 2 aromatic carbocycles. The number of carbonyl (C=O) groups excluding carboxylic acids is 4. The Bertz CT molecular complexity index is 2200. The predicted molar refractivity (Wildman–Crippen MR) is 205 cm³/mol. The second-order valence-corrected chi connectivity index (χ2v) is 16.4. The van der Waals surface area contributed by atoms with E-state index in [2.05, 4.69) is 26.7 Å². The summed E-state index contributed by atoms with van der Waals surface area (Å²) >= 11 is 12.8. The smallest absolute Gasteiger partial charge is 0.410 e. The molecule has 3 aliphatic rings. The Kier molecular flexibility index (Phi) is 9.63. The first kappa shape index (κ1) is 37.8. The van der Waals surface area contributed by atoms with Gasteiger partial charge in [0.2, 0.25) is 11.9 Å². The van der Waals surface area contributed by atoms with Gasteiger partial charge in [-0.15, -0.1) is 0 Å². The fourth-order valence-electron chi connectivity index (χ4n) is 7.36. The Labute approximate surface area is 328 Å². The van der Waals surface area contributed by atoms with Crippen LogP contribution in [0.25, 0.3) is 0 Å². The maximum absolute atomic E-state index is 14.7. The van der Waals surface area contributed by atoms with E-state index >= 15 is 0 Å². The molecule has 13 nitrogen and oxygen atoms in total. The predicted octanol–water partition coefficient (Wildman–Crippen LogP) is 6.40. The van der Waals surface area contributed by atoms with Gasteiger partial charge in [0.05, 0.1) is 34.7 Å². The van der Waals surface area contributed by atoms with Gasteiger partial charge in [0.25, 0.3) is 11.8 Å². The van der Waals surface area contributed by atoms with Crippen LogP contribution in [0.5, 0.6) is 0 Å². The third-order valence-electron chi connectivity index (χ3n) is 10.4. The van der Waals surface area contributed by atoms with E-state index in [0.29, 0.717) is 34.1 Å². The fourth-order valence-corrected chi connectivity index (χ4v) is 7.88. The third-order valence-corrected chi connectivity index (χ3v) is 10.8. The molecule has 4 heterocycles. The second kappa shape index (κ2) is 14.0. The first-order chi connectivity index (χ1) is 26.1. The molecule has 4 aromatic rings. The van der Waals surface area contributed by atoms with Gasteiger partial charge in [-0.3, -0.25) is 23.9 Å². The molecule has 1 aliphatic carbocycles. The summed E-state index contributed by atoms with van der Waals surface area (Å²) in [6, 6.07) is 19.2. The molecule has 2 fully saturated rings. The van der Waals surface area contributed by atoms with E-state index in [0.717, 1.165) is 11.3 Å². The van der Waals surface area contributed by atoms with Gasteiger partial charge in [0.1, 0.15) is 22.4 Å². The number of hydrogen-bond donors (Lipinski definition) is 2. The lowest BCUT2D eigenvalue weighted by Crippen LogP contribution is -2.65. The van der Waals surface area contributed by atoms with Gasteiger partial charge in [-0.25, -0.2) is 14.7 Å². The van der Waals surface area contributed by atoms with E-state index in [9.17, 15) is 24.4 Å². The third kappa shape index (κ3) is 7.24. The van der Waals surface area contributed by atoms with Crippen LogP contribution in [0.1, 0.15) is 80.7 Å². The Hall–Kier alpha value is -5.45. The van der Waals surface area contributed by atoms with Crippen LogP contribution in [0.2, 0.25) is 10.0 Å². The number of hydrogen-bond acceptors (Lipinski definition) is 8. The van der Waals surface area contributed by atoms with Crippen molar-refractivity contribution >= 4 is 58.7 Å².